The number of anilines is 1. The maximum absolute atomic E-state index is 14.6. The number of aryl methyl sites for hydroxylation is 1. The minimum atomic E-state index is -4.60. The summed E-state index contributed by atoms with van der Waals surface area (Å²) in [6, 6.07) is 3.55. The van der Waals surface area contributed by atoms with Gasteiger partial charge in [0.25, 0.3) is 17.7 Å². The maximum atomic E-state index is 14.6. The molecule has 192 valence electrons. The van der Waals surface area contributed by atoms with Gasteiger partial charge >= 0.3 is 6.18 Å². The summed E-state index contributed by atoms with van der Waals surface area (Å²) in [5, 5.41) is 6.65. The third-order valence-corrected chi connectivity index (χ3v) is 5.99. The molecular formula is C22H20ClF5N6O2. The molecule has 1 fully saturated rings. The van der Waals surface area contributed by atoms with Crippen LogP contribution in [0.1, 0.15) is 35.1 Å². The first-order valence-electron chi connectivity index (χ1n) is 10.8. The second kappa shape index (κ2) is 9.60. The SMILES string of the molecule is Cc1noc(-c2ccc(Cl)cc2C(=O)N2CC(F)(F)C[C@@H](C)[C@H]2CNc2ncc(C(F)(F)F)cn2)n1. The second-order valence-corrected chi connectivity index (χ2v) is 8.98. The van der Waals surface area contributed by atoms with E-state index in [-0.39, 0.29) is 34.5 Å². The highest BCUT2D eigenvalue weighted by atomic mass is 35.5. The minimum Gasteiger partial charge on any atom is -0.352 e. The fourth-order valence-corrected chi connectivity index (χ4v) is 4.25. The highest BCUT2D eigenvalue weighted by molar-refractivity contribution is 6.31. The van der Waals surface area contributed by atoms with Crippen molar-refractivity contribution in [2.45, 2.75) is 38.4 Å². The van der Waals surface area contributed by atoms with Gasteiger partial charge in [-0.25, -0.2) is 18.7 Å². The van der Waals surface area contributed by atoms with Crippen LogP contribution in [0.4, 0.5) is 27.9 Å². The number of hydrogen-bond acceptors (Lipinski definition) is 7. The predicted octanol–water partition coefficient (Wildman–Crippen LogP) is 5.11. The Bertz CT molecular complexity index is 1250. The summed E-state index contributed by atoms with van der Waals surface area (Å²) in [6.45, 7) is 2.20. The Hall–Kier alpha value is -3.35. The summed E-state index contributed by atoms with van der Waals surface area (Å²) >= 11 is 6.11. The fourth-order valence-electron chi connectivity index (χ4n) is 4.08. The third-order valence-electron chi connectivity index (χ3n) is 5.76. The number of benzene rings is 1. The number of nitrogens with one attached hydrogen (secondary N) is 1. The van der Waals surface area contributed by atoms with E-state index in [0.717, 1.165) is 4.90 Å². The highest BCUT2D eigenvalue weighted by Crippen LogP contribution is 2.37. The fraction of sp³-hybridized carbons (Fsp3) is 0.409. The highest BCUT2D eigenvalue weighted by Gasteiger charge is 2.46. The molecule has 1 aliphatic rings. The molecule has 0 spiro atoms. The molecule has 1 amide bonds. The first kappa shape index (κ1) is 25.7. The summed E-state index contributed by atoms with van der Waals surface area (Å²) in [5.74, 6) is -4.37. The molecule has 8 nitrogen and oxygen atoms in total. The molecule has 0 radical (unpaired) electrons. The van der Waals surface area contributed by atoms with E-state index < -0.39 is 48.5 Å². The Morgan fingerprint density at radius 1 is 1.28 bits per heavy atom. The maximum Gasteiger partial charge on any atom is 0.419 e. The zero-order valence-corrected chi connectivity index (χ0v) is 19.7. The number of amides is 1. The van der Waals surface area contributed by atoms with Gasteiger partial charge in [0.1, 0.15) is 0 Å². The minimum absolute atomic E-state index is 0.00756. The van der Waals surface area contributed by atoms with Crippen molar-refractivity contribution in [2.75, 3.05) is 18.4 Å². The molecule has 3 aromatic rings. The third kappa shape index (κ3) is 5.55. The lowest BCUT2D eigenvalue weighted by Crippen LogP contribution is -2.57. The normalized spacial score (nSPS) is 19.8. The monoisotopic (exact) mass is 530 g/mol. The number of rotatable bonds is 5. The zero-order valence-electron chi connectivity index (χ0n) is 19.0. The summed E-state index contributed by atoms with van der Waals surface area (Å²) in [5.41, 5.74) is -0.809. The van der Waals surface area contributed by atoms with E-state index in [1.54, 1.807) is 13.8 Å². The number of halogens is 6. The molecule has 3 heterocycles. The summed E-state index contributed by atoms with van der Waals surface area (Å²) < 4.78 is 72.6. The Labute approximate surface area is 206 Å². The molecule has 0 aliphatic carbocycles. The Kier molecular flexibility index (Phi) is 6.86. The van der Waals surface area contributed by atoms with Crippen molar-refractivity contribution in [3.63, 3.8) is 0 Å². The molecule has 2 atom stereocenters. The number of likely N-dealkylation sites (tertiary alicyclic amines) is 1. The number of hydrogen-bond donors (Lipinski definition) is 1. The van der Waals surface area contributed by atoms with Crippen LogP contribution >= 0.6 is 11.6 Å². The smallest absolute Gasteiger partial charge is 0.352 e. The molecule has 1 aromatic carbocycles. The van der Waals surface area contributed by atoms with E-state index in [0.29, 0.717) is 18.2 Å². The molecule has 1 saturated heterocycles. The molecule has 0 unspecified atom stereocenters. The van der Waals surface area contributed by atoms with Crippen molar-refractivity contribution in [2.24, 2.45) is 5.92 Å². The van der Waals surface area contributed by atoms with Crippen molar-refractivity contribution >= 4 is 23.5 Å². The molecule has 36 heavy (non-hydrogen) atoms. The number of carbonyl (C=O) groups is 1. The van der Waals surface area contributed by atoms with Gasteiger partial charge in [-0.05, 0) is 31.0 Å². The quantitative estimate of drug-likeness (QED) is 0.458. The lowest BCUT2D eigenvalue weighted by atomic mass is 9.87. The van der Waals surface area contributed by atoms with Gasteiger partial charge in [0.05, 0.1) is 29.3 Å². The first-order valence-corrected chi connectivity index (χ1v) is 11.1. The van der Waals surface area contributed by atoms with E-state index in [2.05, 4.69) is 25.4 Å². The second-order valence-electron chi connectivity index (χ2n) is 8.55. The molecule has 4 rings (SSSR count). The van der Waals surface area contributed by atoms with Gasteiger partial charge in [0, 0.05) is 30.4 Å². The van der Waals surface area contributed by atoms with Gasteiger partial charge in [0.15, 0.2) is 5.82 Å². The van der Waals surface area contributed by atoms with Crippen molar-refractivity contribution in [1.29, 1.82) is 0 Å². The van der Waals surface area contributed by atoms with Crippen LogP contribution in [0.5, 0.6) is 0 Å². The Balaban J connectivity index is 1.63. The van der Waals surface area contributed by atoms with Crippen LogP contribution in [0, 0.1) is 12.8 Å². The molecule has 0 saturated carbocycles. The van der Waals surface area contributed by atoms with Gasteiger partial charge in [-0.3, -0.25) is 4.79 Å². The van der Waals surface area contributed by atoms with Gasteiger partial charge in [0.2, 0.25) is 5.95 Å². The lowest BCUT2D eigenvalue weighted by Gasteiger charge is -2.43. The van der Waals surface area contributed by atoms with Gasteiger partial charge in [-0.2, -0.15) is 18.2 Å². The van der Waals surface area contributed by atoms with Crippen molar-refractivity contribution in [3.8, 4) is 11.5 Å². The first-order chi connectivity index (χ1) is 16.8. The van der Waals surface area contributed by atoms with E-state index >= 15 is 0 Å². The topological polar surface area (TPSA) is 97.0 Å². The zero-order chi connectivity index (χ0) is 26.3. The van der Waals surface area contributed by atoms with Crippen LogP contribution in [0.25, 0.3) is 11.5 Å². The van der Waals surface area contributed by atoms with Crippen LogP contribution in [-0.2, 0) is 6.18 Å². The van der Waals surface area contributed by atoms with E-state index in [9.17, 15) is 26.7 Å². The Morgan fingerprint density at radius 2 is 1.97 bits per heavy atom. The van der Waals surface area contributed by atoms with Crippen molar-refractivity contribution in [3.05, 3.63) is 52.6 Å². The van der Waals surface area contributed by atoms with Crippen LogP contribution in [0.3, 0.4) is 0 Å². The standard InChI is InChI=1S/C22H20ClF5N6O2/c1-11-6-21(24,25)10-34(17(11)9-31-20-29-7-13(8-30-20)22(26,27)28)19(35)16-5-14(23)3-4-15(16)18-32-12(2)33-36-18/h3-5,7-8,11,17H,6,9-10H2,1-2H3,(H,29,30,31)/t11-,17-/m1/s1. The van der Waals surface area contributed by atoms with Crippen LogP contribution < -0.4 is 5.32 Å². The summed E-state index contributed by atoms with van der Waals surface area (Å²) in [6.07, 6.45) is -3.86. The van der Waals surface area contributed by atoms with E-state index in [4.69, 9.17) is 16.1 Å². The van der Waals surface area contributed by atoms with Crippen LogP contribution in [-0.4, -0.2) is 56.0 Å². The van der Waals surface area contributed by atoms with Crippen LogP contribution in [0.2, 0.25) is 5.02 Å². The molecular weight excluding hydrogens is 511 g/mol. The van der Waals surface area contributed by atoms with E-state index in [1.165, 1.54) is 18.2 Å². The number of carbonyl (C=O) groups excluding carboxylic acids is 1. The number of alkyl halides is 5. The molecule has 1 aliphatic heterocycles. The largest absolute Gasteiger partial charge is 0.419 e. The molecule has 14 heteroatoms. The van der Waals surface area contributed by atoms with Gasteiger partial charge in [-0.1, -0.05) is 23.7 Å². The molecule has 1 N–H and O–H groups in total. The van der Waals surface area contributed by atoms with E-state index in [1.807, 2.05) is 0 Å². The number of piperidine rings is 1. The average molecular weight is 531 g/mol. The van der Waals surface area contributed by atoms with Crippen LogP contribution in [0.15, 0.2) is 35.1 Å². The molecule has 0 bridgehead atoms. The van der Waals surface area contributed by atoms with Crippen molar-refractivity contribution in [1.82, 2.24) is 25.0 Å². The van der Waals surface area contributed by atoms with Gasteiger partial charge in [-0.15, -0.1) is 0 Å². The lowest BCUT2D eigenvalue weighted by molar-refractivity contribution is -0.138. The number of nitrogens with zero attached hydrogens (tertiary/aromatic N) is 5. The van der Waals surface area contributed by atoms with Gasteiger partial charge < -0.3 is 14.7 Å². The molecule has 2 aromatic heterocycles. The average Bonchev–Trinajstić information content (AvgIpc) is 3.22. The van der Waals surface area contributed by atoms with Crippen molar-refractivity contribution < 1.29 is 31.3 Å². The summed E-state index contributed by atoms with van der Waals surface area (Å²) in [4.78, 5) is 26.0. The summed E-state index contributed by atoms with van der Waals surface area (Å²) in [7, 11) is 0. The predicted molar refractivity (Wildman–Crippen MR) is 119 cm³/mol. The Morgan fingerprint density at radius 3 is 2.58 bits per heavy atom. The number of aromatic nitrogens is 4.